The van der Waals surface area contributed by atoms with Crippen molar-refractivity contribution < 1.29 is 65.8 Å². The molecule has 1 aromatic rings. The van der Waals surface area contributed by atoms with Crippen LogP contribution in [0.15, 0.2) is 35.2 Å². The van der Waals surface area contributed by atoms with Crippen molar-refractivity contribution in [1.29, 1.82) is 0 Å². The van der Waals surface area contributed by atoms with Crippen LogP contribution in [-0.2, 0) is 54.9 Å². The summed E-state index contributed by atoms with van der Waals surface area (Å²) in [5, 5.41) is 18.6. The molecule has 1 atom stereocenters. The van der Waals surface area contributed by atoms with Crippen LogP contribution < -0.4 is 27.0 Å². The van der Waals surface area contributed by atoms with Gasteiger partial charge in [-0.25, -0.2) is 9.59 Å². The van der Waals surface area contributed by atoms with Crippen molar-refractivity contribution in [2.75, 3.05) is 44.8 Å². The first kappa shape index (κ1) is 37.3. The van der Waals surface area contributed by atoms with E-state index in [1.165, 1.54) is 6.07 Å². The second-order valence-corrected chi connectivity index (χ2v) is 11.8. The molecule has 20 nitrogen and oxygen atoms in total. The van der Waals surface area contributed by atoms with E-state index >= 15 is 0 Å². The van der Waals surface area contributed by atoms with Crippen LogP contribution in [0, 0.1) is 0 Å². The van der Waals surface area contributed by atoms with E-state index in [0.29, 0.717) is 0 Å². The zero-order chi connectivity index (χ0) is 35.5. The van der Waals surface area contributed by atoms with Crippen molar-refractivity contribution in [2.45, 2.75) is 42.3 Å². The van der Waals surface area contributed by atoms with Gasteiger partial charge < -0.3 is 46.3 Å². The van der Waals surface area contributed by atoms with E-state index in [4.69, 9.17) is 20.3 Å². The molecule has 0 aliphatic carbocycles. The van der Waals surface area contributed by atoms with Crippen LogP contribution in [0.3, 0.4) is 0 Å². The van der Waals surface area contributed by atoms with Gasteiger partial charge in [-0.3, -0.25) is 33.4 Å². The Balaban J connectivity index is 1.64. The quantitative estimate of drug-likeness (QED) is 0.0386. The molecule has 0 spiro atoms. The molecular formula is C27H34N6O14S. The van der Waals surface area contributed by atoms with Crippen molar-refractivity contribution >= 4 is 57.5 Å². The minimum atomic E-state index is -4.89. The molecule has 0 saturated carbocycles. The van der Waals surface area contributed by atoms with Crippen LogP contribution >= 0.6 is 0 Å². The van der Waals surface area contributed by atoms with Crippen molar-refractivity contribution in [3.05, 3.63) is 35.9 Å². The number of hydrogen-bond donors (Lipinski definition) is 7. The lowest BCUT2D eigenvalue weighted by Gasteiger charge is -2.41. The average Bonchev–Trinajstić information content (AvgIpc) is 3.31. The maximum Gasteiger partial charge on any atom is 0.506 e. The van der Waals surface area contributed by atoms with Crippen molar-refractivity contribution in [3.63, 3.8) is 0 Å². The lowest BCUT2D eigenvalue weighted by Crippen LogP contribution is -2.71. The Labute approximate surface area is 273 Å². The molecule has 0 bridgehead atoms. The summed E-state index contributed by atoms with van der Waals surface area (Å²) in [5.74, 6) is -3.18. The monoisotopic (exact) mass is 698 g/mol. The summed E-state index contributed by atoms with van der Waals surface area (Å²) < 4.78 is 48.3. The van der Waals surface area contributed by atoms with E-state index in [9.17, 15) is 46.5 Å². The number of nitrogens with two attached hydrogens (primary N) is 1. The third kappa shape index (κ3) is 10.7. The number of imide groups is 1. The van der Waals surface area contributed by atoms with Crippen LogP contribution in [0.2, 0.25) is 0 Å². The molecule has 8 N–H and O–H groups in total. The average molecular weight is 699 g/mol. The second kappa shape index (κ2) is 16.6. The van der Waals surface area contributed by atoms with Gasteiger partial charge in [0.2, 0.25) is 11.8 Å². The maximum atomic E-state index is 13.4. The number of carbonyl (C=O) groups excluding carboxylic acids is 6. The van der Waals surface area contributed by atoms with Gasteiger partial charge in [0.05, 0.1) is 33.0 Å². The summed E-state index contributed by atoms with van der Waals surface area (Å²) in [6.45, 7) is -1.27. The van der Waals surface area contributed by atoms with Crippen LogP contribution in [0.5, 0.6) is 0 Å². The molecule has 1 saturated heterocycles. The molecule has 7 amide bonds. The zero-order valence-corrected chi connectivity index (χ0v) is 26.1. The summed E-state index contributed by atoms with van der Waals surface area (Å²) >= 11 is 0. The number of nitrogens with one attached hydrogen (secondary N) is 4. The standard InChI is InChI=1S/C27H34N6O14S/c28-25(39)29-8-1-2-18(23(37)30-17-4-3-16(13-47-26(40)41)19(12-17)48(42,43)44)31-24(38)27(14-46-15-27)32-20(34)7-10-45-11-9-33-21(35)5-6-22(33)36/h3-6,12,18H,1-2,7-11,13-15H2,(H,30,37)(H,31,38)(H,32,34)(H,40,41)(H3,28,29,39)(H,42,43,44)/t18-/m0/s1. The first-order valence-corrected chi connectivity index (χ1v) is 15.7. The number of rotatable bonds is 18. The fourth-order valence-electron chi connectivity index (χ4n) is 4.41. The first-order chi connectivity index (χ1) is 22.6. The molecule has 3 rings (SSSR count). The molecule has 2 aliphatic heterocycles. The Morgan fingerprint density at radius 1 is 1.08 bits per heavy atom. The highest BCUT2D eigenvalue weighted by atomic mass is 32.2. The van der Waals surface area contributed by atoms with Gasteiger partial charge >= 0.3 is 12.2 Å². The molecule has 0 unspecified atom stereocenters. The van der Waals surface area contributed by atoms with Crippen LogP contribution in [0.1, 0.15) is 24.8 Å². The summed E-state index contributed by atoms with van der Waals surface area (Å²) in [4.78, 5) is 84.5. The Morgan fingerprint density at radius 2 is 1.77 bits per heavy atom. The number of urea groups is 1. The van der Waals surface area contributed by atoms with Crippen LogP contribution in [0.4, 0.5) is 15.3 Å². The third-order valence-corrected chi connectivity index (χ3v) is 7.83. The van der Waals surface area contributed by atoms with Gasteiger partial charge in [0.1, 0.15) is 17.5 Å². The largest absolute Gasteiger partial charge is 0.506 e. The number of anilines is 1. The molecule has 0 radical (unpaired) electrons. The van der Waals surface area contributed by atoms with Crippen molar-refractivity contribution in [2.24, 2.45) is 5.73 Å². The molecule has 1 fully saturated rings. The van der Waals surface area contributed by atoms with Gasteiger partial charge in [-0.1, -0.05) is 6.07 Å². The SMILES string of the molecule is NC(=O)NCCC[C@H](NC(=O)C1(NC(=O)CCOCCN2C(=O)C=CC2=O)COC1)C(=O)Nc1ccc(COC(=O)O)c(S(=O)(=O)O)c1. The van der Waals surface area contributed by atoms with Crippen LogP contribution in [0.25, 0.3) is 0 Å². The molecule has 262 valence electrons. The molecule has 48 heavy (non-hydrogen) atoms. The van der Waals surface area contributed by atoms with Crippen molar-refractivity contribution in [3.8, 4) is 0 Å². The fourth-order valence-corrected chi connectivity index (χ4v) is 5.15. The Kier molecular flexibility index (Phi) is 12.9. The molecular weight excluding hydrogens is 664 g/mol. The lowest BCUT2D eigenvalue weighted by molar-refractivity contribution is -0.155. The Morgan fingerprint density at radius 3 is 2.35 bits per heavy atom. The van der Waals surface area contributed by atoms with Crippen LogP contribution in [-0.4, -0.2) is 116 Å². The smallest absolute Gasteiger partial charge is 0.450 e. The molecule has 2 aliphatic rings. The Bertz CT molecular complexity index is 1560. The number of hydrogen-bond acceptors (Lipinski definition) is 12. The minimum Gasteiger partial charge on any atom is -0.450 e. The number of benzene rings is 1. The van der Waals surface area contributed by atoms with Gasteiger partial charge in [-0.2, -0.15) is 8.42 Å². The summed E-state index contributed by atoms with van der Waals surface area (Å²) in [5.41, 5.74) is 3.15. The first-order valence-electron chi connectivity index (χ1n) is 14.2. The number of amides is 7. The number of carbonyl (C=O) groups is 7. The molecule has 21 heteroatoms. The Hall–Kier alpha value is -5.12. The second-order valence-electron chi connectivity index (χ2n) is 10.4. The summed E-state index contributed by atoms with van der Waals surface area (Å²) in [6, 6.07) is 1.05. The number of ether oxygens (including phenoxy) is 3. The van der Waals surface area contributed by atoms with Gasteiger partial charge in [0.15, 0.2) is 5.54 Å². The zero-order valence-electron chi connectivity index (χ0n) is 25.3. The minimum absolute atomic E-state index is 0.00864. The summed E-state index contributed by atoms with van der Waals surface area (Å²) in [7, 11) is -4.89. The fraction of sp³-hybridized carbons (Fsp3) is 0.444. The van der Waals surface area contributed by atoms with E-state index in [1.54, 1.807) is 0 Å². The highest BCUT2D eigenvalue weighted by Gasteiger charge is 2.48. The van der Waals surface area contributed by atoms with Crippen molar-refractivity contribution in [1.82, 2.24) is 20.9 Å². The molecule has 2 heterocycles. The molecule has 0 aromatic heterocycles. The number of nitrogens with zero attached hydrogens (tertiary/aromatic N) is 1. The van der Waals surface area contributed by atoms with Gasteiger partial charge in [-0.05, 0) is 25.0 Å². The third-order valence-electron chi connectivity index (χ3n) is 6.90. The topological polar surface area (TPSA) is 299 Å². The van der Waals surface area contributed by atoms with Gasteiger partial charge in [-0.15, -0.1) is 0 Å². The number of carboxylic acid groups (broad SMARTS) is 1. The summed E-state index contributed by atoms with van der Waals surface area (Å²) in [6.07, 6.45) is 0.450. The normalized spacial score (nSPS) is 15.6. The highest BCUT2D eigenvalue weighted by Crippen LogP contribution is 2.23. The molecule has 1 aromatic carbocycles. The predicted molar refractivity (Wildman–Crippen MR) is 159 cm³/mol. The van der Waals surface area contributed by atoms with E-state index < -0.39 is 74.9 Å². The van der Waals surface area contributed by atoms with E-state index in [1.807, 2.05) is 0 Å². The predicted octanol–water partition coefficient (Wildman–Crippen LogP) is -1.78. The van der Waals surface area contributed by atoms with E-state index in [0.717, 1.165) is 29.2 Å². The lowest BCUT2D eigenvalue weighted by atomic mass is 9.94. The number of primary amides is 1. The maximum absolute atomic E-state index is 13.4. The van der Waals surface area contributed by atoms with E-state index in [-0.39, 0.29) is 70.0 Å². The van der Waals surface area contributed by atoms with Gasteiger partial charge in [0.25, 0.3) is 27.8 Å². The van der Waals surface area contributed by atoms with E-state index in [2.05, 4.69) is 26.0 Å². The highest BCUT2D eigenvalue weighted by molar-refractivity contribution is 7.85. The van der Waals surface area contributed by atoms with Gasteiger partial charge in [0, 0.05) is 36.4 Å².